The highest BCUT2D eigenvalue weighted by Crippen LogP contribution is 2.12. The first kappa shape index (κ1) is 12.3. The van der Waals surface area contributed by atoms with Crippen molar-refractivity contribution in [3.63, 3.8) is 0 Å². The Balaban J connectivity index is 1.85. The Morgan fingerprint density at radius 2 is 2.33 bits per heavy atom. The van der Waals surface area contributed by atoms with Gasteiger partial charge in [-0.1, -0.05) is 5.21 Å². The average Bonchev–Trinajstić information content (AvgIpc) is 2.97. The molecule has 0 aliphatic rings. The van der Waals surface area contributed by atoms with Crippen LogP contribution >= 0.6 is 0 Å². The maximum Gasteiger partial charge on any atom is 0.120 e. The second-order valence-corrected chi connectivity index (χ2v) is 4.15. The van der Waals surface area contributed by atoms with Crippen molar-refractivity contribution in [2.75, 3.05) is 6.54 Å². The zero-order chi connectivity index (χ0) is 13.0. The topological polar surface area (TPSA) is 71.5 Å². The lowest BCUT2D eigenvalue weighted by Crippen LogP contribution is -2.20. The summed E-state index contributed by atoms with van der Waals surface area (Å²) in [5.41, 5.74) is 2.98. The molecule has 0 unspecified atom stereocenters. The molecule has 0 bridgehead atoms. The fourth-order valence-electron chi connectivity index (χ4n) is 1.82. The highest BCUT2D eigenvalue weighted by molar-refractivity contribution is 5.33. The van der Waals surface area contributed by atoms with Gasteiger partial charge in [0, 0.05) is 32.0 Å². The molecule has 0 amide bonds. The summed E-state index contributed by atoms with van der Waals surface area (Å²) in [6, 6.07) is 4.11. The minimum Gasteiger partial charge on any atom is -0.340 e. The van der Waals surface area contributed by atoms with Crippen molar-refractivity contribution >= 4 is 0 Å². The van der Waals surface area contributed by atoms with Gasteiger partial charge in [0.05, 0.1) is 12.7 Å². The summed E-state index contributed by atoms with van der Waals surface area (Å²) in [7, 11) is 1.91. The molecular formula is C12H16N6. The molecule has 94 valence electrons. The third kappa shape index (κ3) is 2.57. The standard InChI is InChI=1S/C12H16N6/c1-10-11(7-12(8-13)17(10)2)9-14-3-5-18-6-4-15-16-18/h4,6-7,14H,3,5,9H2,1-2H3. The number of aromatic nitrogens is 4. The third-order valence-corrected chi connectivity index (χ3v) is 3.06. The van der Waals surface area contributed by atoms with Gasteiger partial charge in [0.25, 0.3) is 0 Å². The molecule has 2 aromatic heterocycles. The average molecular weight is 244 g/mol. The van der Waals surface area contributed by atoms with Gasteiger partial charge < -0.3 is 9.88 Å². The smallest absolute Gasteiger partial charge is 0.120 e. The normalized spacial score (nSPS) is 10.5. The summed E-state index contributed by atoms with van der Waals surface area (Å²) < 4.78 is 3.69. The van der Waals surface area contributed by atoms with Crippen molar-refractivity contribution in [2.24, 2.45) is 7.05 Å². The number of hydrogen-bond donors (Lipinski definition) is 1. The van der Waals surface area contributed by atoms with E-state index in [0.717, 1.165) is 30.9 Å². The summed E-state index contributed by atoms with van der Waals surface area (Å²) in [5, 5.41) is 19.9. The SMILES string of the molecule is Cc1c(CNCCn2ccnn2)cc(C#N)n1C. The molecule has 0 fully saturated rings. The molecule has 0 atom stereocenters. The maximum absolute atomic E-state index is 8.94. The Morgan fingerprint density at radius 3 is 2.94 bits per heavy atom. The summed E-state index contributed by atoms with van der Waals surface area (Å²) in [4.78, 5) is 0. The Kier molecular flexibility index (Phi) is 3.75. The van der Waals surface area contributed by atoms with Crippen LogP contribution in [0.15, 0.2) is 18.5 Å². The molecule has 0 saturated carbocycles. The van der Waals surface area contributed by atoms with Crippen molar-refractivity contribution in [3.8, 4) is 6.07 Å². The van der Waals surface area contributed by atoms with E-state index in [4.69, 9.17) is 5.26 Å². The lowest BCUT2D eigenvalue weighted by atomic mass is 10.2. The first-order valence-corrected chi connectivity index (χ1v) is 5.82. The van der Waals surface area contributed by atoms with Gasteiger partial charge in [-0.05, 0) is 18.6 Å². The summed E-state index contributed by atoms with van der Waals surface area (Å²) in [5.74, 6) is 0. The van der Waals surface area contributed by atoms with Crippen LogP contribution in [0.25, 0.3) is 0 Å². The summed E-state index contributed by atoms with van der Waals surface area (Å²) >= 11 is 0. The number of nitriles is 1. The van der Waals surface area contributed by atoms with E-state index in [9.17, 15) is 0 Å². The van der Waals surface area contributed by atoms with E-state index in [0.29, 0.717) is 5.69 Å². The fourth-order valence-corrected chi connectivity index (χ4v) is 1.82. The van der Waals surface area contributed by atoms with E-state index in [1.54, 1.807) is 10.9 Å². The van der Waals surface area contributed by atoms with E-state index in [-0.39, 0.29) is 0 Å². The molecule has 6 heteroatoms. The van der Waals surface area contributed by atoms with Crippen molar-refractivity contribution < 1.29 is 0 Å². The Hall–Kier alpha value is -2.13. The lowest BCUT2D eigenvalue weighted by molar-refractivity contribution is 0.539. The minimum absolute atomic E-state index is 0.695. The van der Waals surface area contributed by atoms with E-state index in [1.807, 2.05) is 30.8 Å². The van der Waals surface area contributed by atoms with Crippen molar-refractivity contribution in [2.45, 2.75) is 20.0 Å². The Morgan fingerprint density at radius 1 is 1.50 bits per heavy atom. The first-order valence-electron chi connectivity index (χ1n) is 5.82. The molecule has 2 aromatic rings. The van der Waals surface area contributed by atoms with Crippen molar-refractivity contribution in [1.29, 1.82) is 5.26 Å². The monoisotopic (exact) mass is 244 g/mol. The fraction of sp³-hybridized carbons (Fsp3) is 0.417. The zero-order valence-electron chi connectivity index (χ0n) is 10.6. The zero-order valence-corrected chi connectivity index (χ0v) is 10.6. The number of nitrogens with zero attached hydrogens (tertiary/aromatic N) is 5. The van der Waals surface area contributed by atoms with Crippen LogP contribution in [-0.2, 0) is 20.1 Å². The summed E-state index contributed by atoms with van der Waals surface area (Å²) in [6.45, 7) is 4.39. The van der Waals surface area contributed by atoms with Crippen LogP contribution in [0.1, 0.15) is 17.0 Å². The molecule has 0 saturated heterocycles. The van der Waals surface area contributed by atoms with Gasteiger partial charge in [-0.3, -0.25) is 4.68 Å². The minimum atomic E-state index is 0.695. The number of hydrogen-bond acceptors (Lipinski definition) is 4. The largest absolute Gasteiger partial charge is 0.340 e. The van der Waals surface area contributed by atoms with Crippen LogP contribution in [-0.4, -0.2) is 26.1 Å². The van der Waals surface area contributed by atoms with E-state index in [2.05, 4.69) is 21.7 Å². The molecule has 0 aliphatic carbocycles. The maximum atomic E-state index is 8.94. The molecule has 0 aliphatic heterocycles. The van der Waals surface area contributed by atoms with Crippen LogP contribution in [0.2, 0.25) is 0 Å². The van der Waals surface area contributed by atoms with Crippen LogP contribution in [0.4, 0.5) is 0 Å². The Bertz CT molecular complexity index is 546. The molecule has 2 heterocycles. The highest BCUT2D eigenvalue weighted by Gasteiger charge is 2.07. The number of rotatable bonds is 5. The molecule has 18 heavy (non-hydrogen) atoms. The van der Waals surface area contributed by atoms with Gasteiger partial charge in [0.1, 0.15) is 11.8 Å². The molecule has 2 rings (SSSR count). The molecule has 0 radical (unpaired) electrons. The van der Waals surface area contributed by atoms with Crippen molar-refractivity contribution in [3.05, 3.63) is 35.4 Å². The highest BCUT2D eigenvalue weighted by atomic mass is 15.4. The van der Waals surface area contributed by atoms with E-state index < -0.39 is 0 Å². The number of nitrogens with one attached hydrogen (secondary N) is 1. The molecule has 6 nitrogen and oxygen atoms in total. The Labute approximate surface area is 106 Å². The van der Waals surface area contributed by atoms with Gasteiger partial charge in [0.15, 0.2) is 0 Å². The van der Waals surface area contributed by atoms with Gasteiger partial charge >= 0.3 is 0 Å². The second kappa shape index (κ2) is 5.47. The van der Waals surface area contributed by atoms with Crippen LogP contribution < -0.4 is 5.32 Å². The molecule has 0 spiro atoms. The van der Waals surface area contributed by atoms with E-state index >= 15 is 0 Å². The molecular weight excluding hydrogens is 228 g/mol. The summed E-state index contributed by atoms with van der Waals surface area (Å²) in [6.07, 6.45) is 3.50. The van der Waals surface area contributed by atoms with Gasteiger partial charge in [-0.25, -0.2) is 0 Å². The molecule has 1 N–H and O–H groups in total. The molecule has 0 aromatic carbocycles. The van der Waals surface area contributed by atoms with Crippen molar-refractivity contribution in [1.82, 2.24) is 24.9 Å². The van der Waals surface area contributed by atoms with Gasteiger partial charge in [0.2, 0.25) is 0 Å². The lowest BCUT2D eigenvalue weighted by Gasteiger charge is -2.05. The second-order valence-electron chi connectivity index (χ2n) is 4.15. The quantitative estimate of drug-likeness (QED) is 0.781. The first-order chi connectivity index (χ1) is 8.72. The van der Waals surface area contributed by atoms with Crippen LogP contribution in [0.3, 0.4) is 0 Å². The van der Waals surface area contributed by atoms with E-state index in [1.165, 1.54) is 0 Å². The predicted octanol–water partition coefficient (Wildman–Crippen LogP) is 0.586. The van der Waals surface area contributed by atoms with Gasteiger partial charge in [-0.15, -0.1) is 5.10 Å². The third-order valence-electron chi connectivity index (χ3n) is 3.06. The van der Waals surface area contributed by atoms with Crippen LogP contribution in [0.5, 0.6) is 0 Å². The van der Waals surface area contributed by atoms with Gasteiger partial charge in [-0.2, -0.15) is 5.26 Å². The predicted molar refractivity (Wildman–Crippen MR) is 66.6 cm³/mol. The van der Waals surface area contributed by atoms with Crippen LogP contribution in [0, 0.1) is 18.3 Å².